The number of aromatic nitrogens is 4. The molecule has 0 fully saturated rings. The van der Waals surface area contributed by atoms with E-state index in [0.29, 0.717) is 17.2 Å². The average Bonchev–Trinajstić information content (AvgIpc) is 3.26. The van der Waals surface area contributed by atoms with Crippen LogP contribution >= 0.6 is 0 Å². The van der Waals surface area contributed by atoms with Crippen LogP contribution in [0.25, 0.3) is 22.4 Å². The standard InChI is InChI=1S/C20H18N6/c21-14-6-7-17(22)16(9-14)19-23-10-13-11-24-26(20(13)25-19)18-8-5-12-3-1-2-4-15(12)18/h1-4,6-7,9-11,18H,5,8,21-22H2. The Hall–Kier alpha value is -3.41. The smallest absolute Gasteiger partial charge is 0.163 e. The lowest BCUT2D eigenvalue weighted by Gasteiger charge is -2.13. The molecule has 0 aliphatic heterocycles. The number of rotatable bonds is 2. The van der Waals surface area contributed by atoms with Crippen molar-refractivity contribution in [2.45, 2.75) is 18.9 Å². The highest BCUT2D eigenvalue weighted by Gasteiger charge is 2.26. The van der Waals surface area contributed by atoms with Gasteiger partial charge in [0.2, 0.25) is 0 Å². The fourth-order valence-corrected chi connectivity index (χ4v) is 3.75. The molecule has 0 saturated carbocycles. The summed E-state index contributed by atoms with van der Waals surface area (Å²) in [7, 11) is 0. The molecule has 1 unspecified atom stereocenters. The fraction of sp³-hybridized carbons (Fsp3) is 0.150. The zero-order chi connectivity index (χ0) is 17.7. The molecule has 5 rings (SSSR count). The second-order valence-corrected chi connectivity index (χ2v) is 6.66. The Bertz CT molecular complexity index is 1130. The van der Waals surface area contributed by atoms with Gasteiger partial charge in [-0.1, -0.05) is 24.3 Å². The van der Waals surface area contributed by atoms with E-state index in [1.807, 2.05) is 16.9 Å². The normalized spacial score (nSPS) is 16.1. The van der Waals surface area contributed by atoms with Crippen LogP contribution < -0.4 is 11.5 Å². The molecule has 0 radical (unpaired) electrons. The SMILES string of the molecule is Nc1ccc(N)c(-c2ncc3cnn(C4CCc5ccccc54)c3n2)c1. The van der Waals surface area contributed by atoms with Crippen molar-refractivity contribution in [3.05, 3.63) is 66.0 Å². The van der Waals surface area contributed by atoms with Crippen LogP contribution in [0.1, 0.15) is 23.6 Å². The molecule has 0 spiro atoms. The van der Waals surface area contributed by atoms with E-state index in [2.05, 4.69) is 34.3 Å². The number of nitrogens with zero attached hydrogens (tertiary/aromatic N) is 4. The minimum absolute atomic E-state index is 0.199. The molecule has 128 valence electrons. The highest BCUT2D eigenvalue weighted by molar-refractivity contribution is 5.80. The molecular formula is C20H18N6. The number of fused-ring (bicyclic) bond motifs is 2. The number of anilines is 2. The number of nitrogens with two attached hydrogens (primary N) is 2. The minimum atomic E-state index is 0.199. The first-order valence-electron chi connectivity index (χ1n) is 8.64. The summed E-state index contributed by atoms with van der Waals surface area (Å²) in [5.41, 5.74) is 17.5. The Morgan fingerprint density at radius 3 is 2.85 bits per heavy atom. The van der Waals surface area contributed by atoms with Crippen LogP contribution in [0.3, 0.4) is 0 Å². The number of hydrogen-bond acceptors (Lipinski definition) is 5. The van der Waals surface area contributed by atoms with Gasteiger partial charge in [0.15, 0.2) is 11.5 Å². The molecule has 0 amide bonds. The lowest BCUT2D eigenvalue weighted by molar-refractivity contribution is 0.533. The van der Waals surface area contributed by atoms with E-state index in [9.17, 15) is 0 Å². The Morgan fingerprint density at radius 2 is 1.92 bits per heavy atom. The van der Waals surface area contributed by atoms with Gasteiger partial charge in [-0.2, -0.15) is 5.10 Å². The topological polar surface area (TPSA) is 95.6 Å². The lowest BCUT2D eigenvalue weighted by Crippen LogP contribution is -2.10. The molecule has 6 nitrogen and oxygen atoms in total. The van der Waals surface area contributed by atoms with Crippen molar-refractivity contribution in [1.29, 1.82) is 0 Å². The van der Waals surface area contributed by atoms with Gasteiger partial charge in [0, 0.05) is 23.1 Å². The Labute approximate surface area is 150 Å². The van der Waals surface area contributed by atoms with Crippen molar-refractivity contribution in [3.63, 3.8) is 0 Å². The molecule has 26 heavy (non-hydrogen) atoms. The van der Waals surface area contributed by atoms with Crippen molar-refractivity contribution >= 4 is 22.4 Å². The predicted octanol–water partition coefficient (Wildman–Crippen LogP) is 3.19. The van der Waals surface area contributed by atoms with Crippen LogP contribution in [0.15, 0.2) is 54.9 Å². The molecule has 1 aliphatic rings. The van der Waals surface area contributed by atoms with Gasteiger partial charge in [-0.25, -0.2) is 14.6 Å². The van der Waals surface area contributed by atoms with E-state index in [1.54, 1.807) is 18.3 Å². The minimum Gasteiger partial charge on any atom is -0.399 e. The molecular weight excluding hydrogens is 324 g/mol. The monoisotopic (exact) mass is 342 g/mol. The lowest BCUT2D eigenvalue weighted by atomic mass is 10.1. The van der Waals surface area contributed by atoms with E-state index in [0.717, 1.165) is 29.4 Å². The van der Waals surface area contributed by atoms with Crippen LogP contribution in [0.5, 0.6) is 0 Å². The van der Waals surface area contributed by atoms with Gasteiger partial charge in [0.1, 0.15) is 0 Å². The largest absolute Gasteiger partial charge is 0.399 e. The molecule has 0 bridgehead atoms. The maximum atomic E-state index is 6.11. The third-order valence-electron chi connectivity index (χ3n) is 5.05. The quantitative estimate of drug-likeness (QED) is 0.545. The molecule has 2 aromatic carbocycles. The van der Waals surface area contributed by atoms with Gasteiger partial charge in [0.25, 0.3) is 0 Å². The van der Waals surface area contributed by atoms with Gasteiger partial charge in [-0.05, 0) is 42.2 Å². The second-order valence-electron chi connectivity index (χ2n) is 6.66. The maximum Gasteiger partial charge on any atom is 0.163 e. The fourth-order valence-electron chi connectivity index (χ4n) is 3.75. The van der Waals surface area contributed by atoms with Crippen molar-refractivity contribution in [2.24, 2.45) is 0 Å². The maximum absolute atomic E-state index is 6.11. The van der Waals surface area contributed by atoms with Gasteiger partial charge < -0.3 is 11.5 Å². The summed E-state index contributed by atoms with van der Waals surface area (Å²) in [5.74, 6) is 0.565. The third kappa shape index (κ3) is 2.23. The van der Waals surface area contributed by atoms with Crippen LogP contribution in [0, 0.1) is 0 Å². The summed E-state index contributed by atoms with van der Waals surface area (Å²) in [6.07, 6.45) is 5.70. The van der Waals surface area contributed by atoms with Crippen molar-refractivity contribution in [2.75, 3.05) is 11.5 Å². The molecule has 4 aromatic rings. The highest BCUT2D eigenvalue weighted by atomic mass is 15.3. The van der Waals surface area contributed by atoms with Crippen LogP contribution in [0.4, 0.5) is 11.4 Å². The first-order valence-corrected chi connectivity index (χ1v) is 8.64. The van der Waals surface area contributed by atoms with Crippen molar-refractivity contribution in [1.82, 2.24) is 19.7 Å². The van der Waals surface area contributed by atoms with Crippen molar-refractivity contribution in [3.8, 4) is 11.4 Å². The summed E-state index contributed by atoms with van der Waals surface area (Å²) >= 11 is 0. The van der Waals surface area contributed by atoms with Crippen molar-refractivity contribution < 1.29 is 0 Å². The number of hydrogen-bond donors (Lipinski definition) is 2. The summed E-state index contributed by atoms with van der Waals surface area (Å²) in [6.45, 7) is 0. The van der Waals surface area contributed by atoms with Crippen LogP contribution in [0.2, 0.25) is 0 Å². The first kappa shape index (κ1) is 14.9. The molecule has 1 aliphatic carbocycles. The summed E-state index contributed by atoms with van der Waals surface area (Å²) in [4.78, 5) is 9.24. The van der Waals surface area contributed by atoms with Crippen LogP contribution in [-0.4, -0.2) is 19.7 Å². The van der Waals surface area contributed by atoms with E-state index in [-0.39, 0.29) is 6.04 Å². The summed E-state index contributed by atoms with van der Waals surface area (Å²) in [5, 5.41) is 5.53. The Morgan fingerprint density at radius 1 is 1.04 bits per heavy atom. The van der Waals surface area contributed by atoms with E-state index in [1.165, 1.54) is 11.1 Å². The number of benzene rings is 2. The summed E-state index contributed by atoms with van der Waals surface area (Å²) in [6, 6.07) is 14.1. The third-order valence-corrected chi connectivity index (χ3v) is 5.05. The first-order chi connectivity index (χ1) is 12.7. The molecule has 1 atom stereocenters. The average molecular weight is 342 g/mol. The Balaban J connectivity index is 1.66. The predicted molar refractivity (Wildman–Crippen MR) is 102 cm³/mol. The molecule has 2 aromatic heterocycles. The van der Waals surface area contributed by atoms with E-state index >= 15 is 0 Å². The number of nitrogen functional groups attached to an aromatic ring is 2. The van der Waals surface area contributed by atoms with E-state index < -0.39 is 0 Å². The van der Waals surface area contributed by atoms with E-state index in [4.69, 9.17) is 16.5 Å². The zero-order valence-corrected chi connectivity index (χ0v) is 14.1. The van der Waals surface area contributed by atoms with Gasteiger partial charge in [-0.15, -0.1) is 0 Å². The second kappa shape index (κ2) is 5.56. The highest BCUT2D eigenvalue weighted by Crippen LogP contribution is 2.35. The Kier molecular flexibility index (Phi) is 3.18. The zero-order valence-electron chi connectivity index (χ0n) is 14.1. The van der Waals surface area contributed by atoms with Gasteiger partial charge in [0.05, 0.1) is 17.6 Å². The van der Waals surface area contributed by atoms with Crippen LogP contribution in [-0.2, 0) is 6.42 Å². The molecule has 4 N–H and O–H groups in total. The van der Waals surface area contributed by atoms with Gasteiger partial charge in [-0.3, -0.25) is 0 Å². The molecule has 6 heteroatoms. The molecule has 2 heterocycles. The number of aryl methyl sites for hydroxylation is 1. The summed E-state index contributed by atoms with van der Waals surface area (Å²) < 4.78 is 2.01. The molecule has 0 saturated heterocycles. The van der Waals surface area contributed by atoms with Gasteiger partial charge >= 0.3 is 0 Å².